The van der Waals surface area contributed by atoms with Crippen LogP contribution in [-0.2, 0) is 4.79 Å². The molecule has 0 spiro atoms. The van der Waals surface area contributed by atoms with Crippen molar-refractivity contribution in [3.05, 3.63) is 0 Å². The summed E-state index contributed by atoms with van der Waals surface area (Å²) in [5.74, 6) is 0. The number of carbonyl (C=O) groups is 1. The van der Waals surface area contributed by atoms with Crippen molar-refractivity contribution in [1.82, 2.24) is 0 Å². The maximum Gasteiger partial charge on any atom is 0.301 e. The summed E-state index contributed by atoms with van der Waals surface area (Å²) in [7, 11) is 3.80. The van der Waals surface area contributed by atoms with Crippen LogP contribution in [0.3, 0.4) is 0 Å². The molecule has 0 aromatic carbocycles. The van der Waals surface area contributed by atoms with Crippen LogP contribution in [0.25, 0.3) is 0 Å². The molecule has 0 unspecified atom stereocenters. The van der Waals surface area contributed by atoms with Crippen molar-refractivity contribution in [1.29, 1.82) is 0 Å². The van der Waals surface area contributed by atoms with E-state index in [0.29, 0.717) is 4.48 Å². The topological polar surface area (TPSA) is 17.1 Å². The molecule has 0 aromatic heterocycles. The molecular weight excluding hydrogens is 102 g/mol. The van der Waals surface area contributed by atoms with Crippen molar-refractivity contribution in [2.24, 2.45) is 0 Å². The third kappa shape index (κ3) is 2.75. The third-order valence-corrected chi connectivity index (χ3v) is 1.09. The lowest BCUT2D eigenvalue weighted by molar-refractivity contribution is -0.804. The summed E-state index contributed by atoms with van der Waals surface area (Å²) >= 11 is 0. The van der Waals surface area contributed by atoms with Crippen LogP contribution in [0.15, 0.2) is 0 Å². The minimum atomic E-state index is 0.483. The first-order chi connectivity index (χ1) is 3.62. The second-order valence-electron chi connectivity index (χ2n) is 2.61. The molecule has 1 amide bonds. The van der Waals surface area contributed by atoms with Crippen molar-refractivity contribution in [3.63, 3.8) is 0 Å². The fourth-order valence-corrected chi connectivity index (χ4v) is 0.629. The molecule has 0 fully saturated rings. The molecule has 0 aliphatic rings. The number of hydrogen-bond donors (Lipinski definition) is 0. The molecule has 0 heterocycles. The van der Waals surface area contributed by atoms with Gasteiger partial charge in [-0.25, -0.2) is 4.79 Å². The van der Waals surface area contributed by atoms with E-state index in [2.05, 4.69) is 6.92 Å². The first-order valence-electron chi connectivity index (χ1n) is 2.91. The van der Waals surface area contributed by atoms with Gasteiger partial charge in [0.15, 0.2) is 0 Å². The number of hydrogen-bond acceptors (Lipinski definition) is 1. The highest BCUT2D eigenvalue weighted by Crippen LogP contribution is 1.91. The van der Waals surface area contributed by atoms with Gasteiger partial charge in [0.25, 0.3) is 0 Å². The molecule has 0 atom stereocenters. The monoisotopic (exact) mass is 116 g/mol. The van der Waals surface area contributed by atoms with E-state index in [1.165, 1.54) is 0 Å². The molecule has 0 saturated carbocycles. The maximum absolute atomic E-state index is 10.2. The molecule has 48 valence electrons. The van der Waals surface area contributed by atoms with Gasteiger partial charge in [-0.3, -0.25) is 4.48 Å². The summed E-state index contributed by atoms with van der Waals surface area (Å²) in [4.78, 5) is 10.2. The van der Waals surface area contributed by atoms with Gasteiger partial charge in [0.1, 0.15) is 0 Å². The Hall–Kier alpha value is -0.370. The summed E-state index contributed by atoms with van der Waals surface area (Å²) in [5.41, 5.74) is 0. The average molecular weight is 116 g/mol. The first kappa shape index (κ1) is 7.63. The predicted molar refractivity (Wildman–Crippen MR) is 33.3 cm³/mol. The third-order valence-electron chi connectivity index (χ3n) is 1.09. The standard InChI is InChI=1S/C6H14NO/c1-4-5-7(2,3)6-8/h6H,4-5H2,1-3H3/q+1. The zero-order valence-corrected chi connectivity index (χ0v) is 5.85. The first-order valence-corrected chi connectivity index (χ1v) is 2.91. The Labute approximate surface area is 50.7 Å². The van der Waals surface area contributed by atoms with Crippen molar-refractivity contribution < 1.29 is 9.28 Å². The molecule has 0 bridgehead atoms. The van der Waals surface area contributed by atoms with Crippen LogP contribution >= 0.6 is 0 Å². The highest BCUT2D eigenvalue weighted by Gasteiger charge is 2.09. The van der Waals surface area contributed by atoms with Crippen molar-refractivity contribution in [2.45, 2.75) is 13.3 Å². The summed E-state index contributed by atoms with van der Waals surface area (Å²) < 4.78 is 0.483. The molecule has 0 aromatic rings. The van der Waals surface area contributed by atoms with Gasteiger partial charge >= 0.3 is 6.41 Å². The molecular formula is C6H14NO+. The Balaban J connectivity index is 3.53. The molecule has 0 rings (SSSR count). The quantitative estimate of drug-likeness (QED) is 0.390. The van der Waals surface area contributed by atoms with E-state index >= 15 is 0 Å². The van der Waals surface area contributed by atoms with Crippen LogP contribution in [0.4, 0.5) is 0 Å². The number of quaternary nitrogens is 1. The SMILES string of the molecule is CCC[N+](C)(C)C=O. The molecule has 0 N–H and O–H groups in total. The van der Waals surface area contributed by atoms with Gasteiger partial charge in [-0.2, -0.15) is 0 Å². The fraction of sp³-hybridized carbons (Fsp3) is 0.833. The van der Waals surface area contributed by atoms with E-state index < -0.39 is 0 Å². The van der Waals surface area contributed by atoms with Gasteiger partial charge in [-0.15, -0.1) is 0 Å². The van der Waals surface area contributed by atoms with Crippen LogP contribution in [0, 0.1) is 0 Å². The summed E-state index contributed by atoms with van der Waals surface area (Å²) in [5, 5.41) is 0. The van der Waals surface area contributed by atoms with Crippen LogP contribution in [0.2, 0.25) is 0 Å². The molecule has 2 heteroatoms. The van der Waals surface area contributed by atoms with Crippen molar-refractivity contribution >= 4 is 6.41 Å². The van der Waals surface area contributed by atoms with Gasteiger partial charge in [-0.1, -0.05) is 6.92 Å². The minimum absolute atomic E-state index is 0.483. The molecule has 0 aliphatic carbocycles. The zero-order chi connectivity index (χ0) is 6.62. The van der Waals surface area contributed by atoms with Crippen LogP contribution in [-0.4, -0.2) is 31.5 Å². The predicted octanol–water partition coefficient (Wildman–Crippen LogP) is 0.629. The van der Waals surface area contributed by atoms with E-state index in [1.807, 2.05) is 14.1 Å². The van der Waals surface area contributed by atoms with Crippen LogP contribution < -0.4 is 0 Å². The van der Waals surface area contributed by atoms with Crippen LogP contribution in [0.1, 0.15) is 13.3 Å². The Morgan fingerprint density at radius 3 is 2.12 bits per heavy atom. The fourth-order valence-electron chi connectivity index (χ4n) is 0.629. The lowest BCUT2D eigenvalue weighted by Gasteiger charge is -2.19. The number of nitrogens with zero attached hydrogens (tertiary/aromatic N) is 1. The second kappa shape index (κ2) is 2.82. The molecule has 2 nitrogen and oxygen atoms in total. The average Bonchev–Trinajstić information content (AvgIpc) is 1.67. The van der Waals surface area contributed by atoms with Gasteiger partial charge in [0.2, 0.25) is 0 Å². The second-order valence-corrected chi connectivity index (χ2v) is 2.61. The van der Waals surface area contributed by atoms with E-state index in [9.17, 15) is 4.79 Å². The Morgan fingerprint density at radius 2 is 2.00 bits per heavy atom. The van der Waals surface area contributed by atoms with Crippen molar-refractivity contribution in [3.8, 4) is 0 Å². The minimum Gasteiger partial charge on any atom is -0.268 e. The molecule has 0 saturated heterocycles. The van der Waals surface area contributed by atoms with E-state index in [1.54, 1.807) is 0 Å². The van der Waals surface area contributed by atoms with Crippen LogP contribution in [0.5, 0.6) is 0 Å². The Morgan fingerprint density at radius 1 is 1.50 bits per heavy atom. The smallest absolute Gasteiger partial charge is 0.268 e. The normalized spacial score (nSPS) is 11.4. The molecule has 0 aliphatic heterocycles. The van der Waals surface area contributed by atoms with Gasteiger partial charge in [-0.05, 0) is 6.42 Å². The highest BCUT2D eigenvalue weighted by atomic mass is 16.1. The van der Waals surface area contributed by atoms with Gasteiger partial charge < -0.3 is 0 Å². The van der Waals surface area contributed by atoms with E-state index in [-0.39, 0.29) is 0 Å². The summed E-state index contributed by atoms with van der Waals surface area (Å²) in [6.07, 6.45) is 2.02. The number of rotatable bonds is 3. The lowest BCUT2D eigenvalue weighted by atomic mass is 10.4. The van der Waals surface area contributed by atoms with Gasteiger partial charge in [0, 0.05) is 0 Å². The van der Waals surface area contributed by atoms with Crippen molar-refractivity contribution in [2.75, 3.05) is 20.6 Å². The summed E-state index contributed by atoms with van der Waals surface area (Å²) in [6, 6.07) is 0. The molecule has 8 heavy (non-hydrogen) atoms. The van der Waals surface area contributed by atoms with Gasteiger partial charge in [0.05, 0.1) is 20.6 Å². The van der Waals surface area contributed by atoms with E-state index in [0.717, 1.165) is 19.4 Å². The lowest BCUT2D eigenvalue weighted by Crippen LogP contribution is -2.38. The maximum atomic E-state index is 10.2. The number of amides is 1. The zero-order valence-electron chi connectivity index (χ0n) is 5.85. The highest BCUT2D eigenvalue weighted by molar-refractivity contribution is 5.36. The largest absolute Gasteiger partial charge is 0.301 e. The van der Waals surface area contributed by atoms with E-state index in [4.69, 9.17) is 0 Å². The Bertz CT molecular complexity index is 78.6. The Kier molecular flexibility index (Phi) is 2.69. The number of carbonyl (C=O) groups excluding carboxylic acids is 1. The summed E-state index contributed by atoms with van der Waals surface area (Å²) in [6.45, 7) is 3.01. The molecule has 0 radical (unpaired) electrons.